The Hall–Kier alpha value is -1.10. The van der Waals surface area contributed by atoms with Crippen molar-refractivity contribution in [1.29, 1.82) is 0 Å². The van der Waals surface area contributed by atoms with Crippen LogP contribution < -0.4 is 5.32 Å². The number of amides is 2. The van der Waals surface area contributed by atoms with Gasteiger partial charge in [0.05, 0.1) is 6.54 Å². The van der Waals surface area contributed by atoms with Gasteiger partial charge in [0.25, 0.3) is 0 Å². The Morgan fingerprint density at radius 1 is 1.11 bits per heavy atom. The molecule has 0 bridgehead atoms. The summed E-state index contributed by atoms with van der Waals surface area (Å²) in [7, 11) is 0. The molecule has 1 saturated carbocycles. The van der Waals surface area contributed by atoms with Crippen molar-refractivity contribution in [2.24, 2.45) is 5.41 Å². The lowest BCUT2D eigenvalue weighted by atomic mass is 9.96. The molecule has 2 amide bonds. The maximum Gasteiger partial charge on any atom is 0.242 e. The lowest BCUT2D eigenvalue weighted by Crippen LogP contribution is -2.52. The van der Waals surface area contributed by atoms with E-state index < -0.39 is 5.41 Å². The highest BCUT2D eigenvalue weighted by Gasteiger charge is 2.32. The first kappa shape index (κ1) is 14.3. The van der Waals surface area contributed by atoms with Gasteiger partial charge in [-0.25, -0.2) is 0 Å². The van der Waals surface area contributed by atoms with E-state index in [1.54, 1.807) is 0 Å². The molecule has 19 heavy (non-hydrogen) atoms. The van der Waals surface area contributed by atoms with Crippen LogP contribution >= 0.6 is 0 Å². The summed E-state index contributed by atoms with van der Waals surface area (Å²) in [6, 6.07) is 0.776. The molecule has 1 heterocycles. The maximum absolute atomic E-state index is 12.0. The number of hydrogen-bond acceptors (Lipinski definition) is 3. The van der Waals surface area contributed by atoms with Gasteiger partial charge in [-0.15, -0.1) is 0 Å². The van der Waals surface area contributed by atoms with Crippen molar-refractivity contribution in [2.75, 3.05) is 32.7 Å². The zero-order valence-corrected chi connectivity index (χ0v) is 12.2. The van der Waals surface area contributed by atoms with E-state index in [9.17, 15) is 9.59 Å². The second-order valence-electron chi connectivity index (χ2n) is 6.58. The number of nitrogens with zero attached hydrogens (tertiary/aromatic N) is 2. The number of piperazine rings is 1. The molecule has 5 nitrogen and oxygen atoms in total. The van der Waals surface area contributed by atoms with E-state index in [2.05, 4.69) is 10.2 Å². The third-order valence-corrected chi connectivity index (χ3v) is 3.81. The van der Waals surface area contributed by atoms with Gasteiger partial charge in [-0.3, -0.25) is 14.5 Å². The Bertz CT molecular complexity index is 350. The lowest BCUT2D eigenvalue weighted by Gasteiger charge is -2.35. The van der Waals surface area contributed by atoms with Crippen LogP contribution in [0.4, 0.5) is 0 Å². The van der Waals surface area contributed by atoms with Crippen LogP contribution in [0.1, 0.15) is 33.6 Å². The van der Waals surface area contributed by atoms with E-state index in [4.69, 9.17) is 0 Å². The Kier molecular flexibility index (Phi) is 4.13. The summed E-state index contributed by atoms with van der Waals surface area (Å²) in [6.45, 7) is 9.21. The van der Waals surface area contributed by atoms with Gasteiger partial charge >= 0.3 is 0 Å². The van der Waals surface area contributed by atoms with E-state index in [0.29, 0.717) is 0 Å². The molecule has 0 spiro atoms. The minimum Gasteiger partial charge on any atom is -0.347 e. The van der Waals surface area contributed by atoms with E-state index in [-0.39, 0.29) is 18.4 Å². The SMILES string of the molecule is CC(C)(C)C(=O)NCC(=O)N1CCN(C2CC2)CC1. The molecule has 1 saturated heterocycles. The topological polar surface area (TPSA) is 52.7 Å². The van der Waals surface area contributed by atoms with Crippen molar-refractivity contribution in [3.63, 3.8) is 0 Å². The molecule has 1 N–H and O–H groups in total. The Balaban J connectivity index is 1.70. The quantitative estimate of drug-likeness (QED) is 0.808. The second-order valence-corrected chi connectivity index (χ2v) is 6.58. The molecule has 2 rings (SSSR count). The minimum atomic E-state index is -0.440. The first-order valence-corrected chi connectivity index (χ1v) is 7.18. The summed E-state index contributed by atoms with van der Waals surface area (Å²) < 4.78 is 0. The van der Waals surface area contributed by atoms with E-state index in [0.717, 1.165) is 32.2 Å². The number of rotatable bonds is 3. The summed E-state index contributed by atoms with van der Waals surface area (Å²) in [5.74, 6) is -0.0366. The van der Waals surface area contributed by atoms with Crippen LogP contribution in [0.15, 0.2) is 0 Å². The smallest absolute Gasteiger partial charge is 0.242 e. The molecule has 0 radical (unpaired) electrons. The zero-order chi connectivity index (χ0) is 14.0. The molecule has 1 aliphatic heterocycles. The lowest BCUT2D eigenvalue weighted by molar-refractivity contribution is -0.136. The Morgan fingerprint density at radius 2 is 1.68 bits per heavy atom. The van der Waals surface area contributed by atoms with Crippen molar-refractivity contribution in [3.05, 3.63) is 0 Å². The number of carbonyl (C=O) groups is 2. The third-order valence-electron chi connectivity index (χ3n) is 3.81. The summed E-state index contributed by atoms with van der Waals surface area (Å²) in [5, 5.41) is 2.72. The van der Waals surface area contributed by atoms with Crippen molar-refractivity contribution in [1.82, 2.24) is 15.1 Å². The fraction of sp³-hybridized carbons (Fsp3) is 0.857. The summed E-state index contributed by atoms with van der Waals surface area (Å²) in [4.78, 5) is 28.1. The molecule has 2 aliphatic rings. The van der Waals surface area contributed by atoms with Crippen LogP contribution in [0.5, 0.6) is 0 Å². The van der Waals surface area contributed by atoms with E-state index in [1.165, 1.54) is 12.8 Å². The molecular formula is C14H25N3O2. The largest absolute Gasteiger partial charge is 0.347 e. The van der Waals surface area contributed by atoms with Gasteiger partial charge in [-0.05, 0) is 12.8 Å². The van der Waals surface area contributed by atoms with E-state index in [1.807, 2.05) is 25.7 Å². The van der Waals surface area contributed by atoms with Crippen molar-refractivity contribution >= 4 is 11.8 Å². The Morgan fingerprint density at radius 3 is 2.16 bits per heavy atom. The minimum absolute atomic E-state index is 0.0352. The summed E-state index contributed by atoms with van der Waals surface area (Å²) >= 11 is 0. The van der Waals surface area contributed by atoms with Crippen LogP contribution in [-0.4, -0.2) is 60.4 Å². The first-order chi connectivity index (χ1) is 8.88. The summed E-state index contributed by atoms with van der Waals surface area (Å²) in [6.07, 6.45) is 2.63. The van der Waals surface area contributed by atoms with Crippen molar-refractivity contribution in [3.8, 4) is 0 Å². The van der Waals surface area contributed by atoms with Crippen molar-refractivity contribution < 1.29 is 9.59 Å². The monoisotopic (exact) mass is 267 g/mol. The predicted octanol–water partition coefficient (Wildman–Crippen LogP) is 0.455. The predicted molar refractivity (Wildman–Crippen MR) is 73.6 cm³/mol. The van der Waals surface area contributed by atoms with Crippen molar-refractivity contribution in [2.45, 2.75) is 39.7 Å². The van der Waals surface area contributed by atoms with Crippen LogP contribution in [0.2, 0.25) is 0 Å². The van der Waals surface area contributed by atoms with Crippen LogP contribution in [0, 0.1) is 5.41 Å². The number of nitrogens with one attached hydrogen (secondary N) is 1. The first-order valence-electron chi connectivity index (χ1n) is 7.18. The van der Waals surface area contributed by atoms with Gasteiger partial charge in [-0.2, -0.15) is 0 Å². The fourth-order valence-corrected chi connectivity index (χ4v) is 2.31. The average molecular weight is 267 g/mol. The highest BCUT2D eigenvalue weighted by atomic mass is 16.2. The molecule has 0 aromatic rings. The molecule has 0 atom stereocenters. The van der Waals surface area contributed by atoms with Gasteiger partial charge < -0.3 is 10.2 Å². The zero-order valence-electron chi connectivity index (χ0n) is 12.2. The molecule has 5 heteroatoms. The maximum atomic E-state index is 12.0. The van der Waals surface area contributed by atoms with Crippen LogP contribution in [-0.2, 0) is 9.59 Å². The Labute approximate surface area is 115 Å². The van der Waals surface area contributed by atoms with Gasteiger partial charge in [0, 0.05) is 37.6 Å². The number of carbonyl (C=O) groups excluding carboxylic acids is 2. The standard InChI is InChI=1S/C14H25N3O2/c1-14(2,3)13(19)15-10-12(18)17-8-6-16(7-9-17)11-4-5-11/h11H,4-10H2,1-3H3,(H,15,19). The molecule has 1 aliphatic carbocycles. The van der Waals surface area contributed by atoms with Gasteiger partial charge in [0.2, 0.25) is 11.8 Å². The molecule has 0 aromatic heterocycles. The highest BCUT2D eigenvalue weighted by molar-refractivity contribution is 5.87. The summed E-state index contributed by atoms with van der Waals surface area (Å²) in [5.41, 5.74) is -0.440. The third kappa shape index (κ3) is 3.93. The highest BCUT2D eigenvalue weighted by Crippen LogP contribution is 2.27. The van der Waals surface area contributed by atoms with Gasteiger partial charge in [0.1, 0.15) is 0 Å². The van der Waals surface area contributed by atoms with Crippen LogP contribution in [0.25, 0.3) is 0 Å². The normalized spacial score (nSPS) is 21.3. The average Bonchev–Trinajstić information content (AvgIpc) is 3.18. The number of hydrogen-bond donors (Lipinski definition) is 1. The second kappa shape index (κ2) is 5.49. The molecule has 0 aromatic carbocycles. The fourth-order valence-electron chi connectivity index (χ4n) is 2.31. The van der Waals surface area contributed by atoms with Gasteiger partial charge in [0.15, 0.2) is 0 Å². The van der Waals surface area contributed by atoms with Crippen LogP contribution in [0.3, 0.4) is 0 Å². The van der Waals surface area contributed by atoms with E-state index >= 15 is 0 Å². The molecule has 108 valence electrons. The molecular weight excluding hydrogens is 242 g/mol. The molecule has 2 fully saturated rings. The molecule has 0 unspecified atom stereocenters. The van der Waals surface area contributed by atoms with Gasteiger partial charge in [-0.1, -0.05) is 20.8 Å².